The van der Waals surface area contributed by atoms with Crippen molar-refractivity contribution in [1.82, 2.24) is 4.90 Å². The molecule has 0 heterocycles. The summed E-state index contributed by atoms with van der Waals surface area (Å²) in [5.74, 6) is -0.0546. The number of ether oxygens (including phenoxy) is 1. The Morgan fingerprint density at radius 2 is 1.89 bits per heavy atom. The number of hydrogen-bond acceptors (Lipinski definition) is 4. The van der Waals surface area contributed by atoms with E-state index in [1.54, 1.807) is 0 Å². The lowest BCUT2D eigenvalue weighted by atomic mass is 9.89. The van der Waals surface area contributed by atoms with Crippen molar-refractivity contribution in [3.8, 4) is 0 Å². The molecule has 2 N–H and O–H groups in total. The van der Waals surface area contributed by atoms with Gasteiger partial charge in [-0.05, 0) is 45.6 Å². The maximum atomic E-state index is 12.2. The van der Waals surface area contributed by atoms with E-state index in [9.17, 15) is 4.79 Å². The molecular weight excluding hydrogens is 240 g/mol. The van der Waals surface area contributed by atoms with Gasteiger partial charge < -0.3 is 10.5 Å². The molecule has 1 rings (SSSR count). The molecule has 1 aliphatic carbocycles. The fourth-order valence-corrected chi connectivity index (χ4v) is 3.10. The SMILES string of the molecule is CCCC(C(=O)OCC)N(CC)C1CCC(N)CC1. The van der Waals surface area contributed by atoms with Gasteiger partial charge in [-0.1, -0.05) is 20.3 Å². The molecule has 1 fully saturated rings. The van der Waals surface area contributed by atoms with E-state index >= 15 is 0 Å². The van der Waals surface area contributed by atoms with E-state index in [1.165, 1.54) is 0 Å². The van der Waals surface area contributed by atoms with Gasteiger partial charge in [-0.25, -0.2) is 0 Å². The summed E-state index contributed by atoms with van der Waals surface area (Å²) in [5.41, 5.74) is 5.97. The molecule has 1 aliphatic rings. The van der Waals surface area contributed by atoms with Crippen LogP contribution in [-0.2, 0) is 9.53 Å². The molecular formula is C15H30N2O2. The summed E-state index contributed by atoms with van der Waals surface area (Å²) in [7, 11) is 0. The van der Waals surface area contributed by atoms with Gasteiger partial charge in [0.1, 0.15) is 6.04 Å². The zero-order valence-corrected chi connectivity index (χ0v) is 12.7. The second-order valence-electron chi connectivity index (χ2n) is 5.46. The smallest absolute Gasteiger partial charge is 0.323 e. The summed E-state index contributed by atoms with van der Waals surface area (Å²) in [6.45, 7) is 7.50. The van der Waals surface area contributed by atoms with Crippen LogP contribution >= 0.6 is 0 Å². The van der Waals surface area contributed by atoms with Gasteiger partial charge in [0.25, 0.3) is 0 Å². The average molecular weight is 270 g/mol. The van der Waals surface area contributed by atoms with Gasteiger partial charge in [0, 0.05) is 12.1 Å². The van der Waals surface area contributed by atoms with Crippen molar-refractivity contribution in [2.24, 2.45) is 5.73 Å². The summed E-state index contributed by atoms with van der Waals surface area (Å²) in [6, 6.07) is 0.766. The zero-order valence-electron chi connectivity index (χ0n) is 12.7. The van der Waals surface area contributed by atoms with E-state index in [0.717, 1.165) is 45.1 Å². The highest BCUT2D eigenvalue weighted by molar-refractivity contribution is 5.75. The third-order valence-corrected chi connectivity index (χ3v) is 4.10. The quantitative estimate of drug-likeness (QED) is 0.721. The minimum Gasteiger partial charge on any atom is -0.465 e. The van der Waals surface area contributed by atoms with Crippen LogP contribution in [0.25, 0.3) is 0 Å². The molecule has 0 aromatic heterocycles. The highest BCUT2D eigenvalue weighted by Gasteiger charge is 2.32. The summed E-state index contributed by atoms with van der Waals surface area (Å²) in [6.07, 6.45) is 6.25. The Morgan fingerprint density at radius 1 is 1.26 bits per heavy atom. The first-order chi connectivity index (χ1) is 9.13. The topological polar surface area (TPSA) is 55.6 Å². The highest BCUT2D eigenvalue weighted by Crippen LogP contribution is 2.25. The van der Waals surface area contributed by atoms with Crippen LogP contribution in [0.4, 0.5) is 0 Å². The van der Waals surface area contributed by atoms with Gasteiger partial charge in [-0.2, -0.15) is 0 Å². The fourth-order valence-electron chi connectivity index (χ4n) is 3.10. The van der Waals surface area contributed by atoms with Crippen LogP contribution in [-0.4, -0.2) is 42.1 Å². The van der Waals surface area contributed by atoms with Gasteiger partial charge >= 0.3 is 5.97 Å². The molecule has 0 spiro atoms. The van der Waals surface area contributed by atoms with Crippen LogP contribution in [0.3, 0.4) is 0 Å². The summed E-state index contributed by atoms with van der Waals surface area (Å²) < 4.78 is 5.25. The number of carbonyl (C=O) groups is 1. The minimum absolute atomic E-state index is 0.0546. The first kappa shape index (κ1) is 16.4. The number of rotatable bonds is 7. The minimum atomic E-state index is -0.0747. The number of nitrogens with zero attached hydrogens (tertiary/aromatic N) is 1. The predicted molar refractivity (Wildman–Crippen MR) is 77.9 cm³/mol. The maximum absolute atomic E-state index is 12.2. The molecule has 0 aliphatic heterocycles. The molecule has 4 nitrogen and oxygen atoms in total. The first-order valence-electron chi connectivity index (χ1n) is 7.81. The number of esters is 1. The Kier molecular flexibility index (Phi) is 7.39. The number of likely N-dealkylation sites (N-methyl/N-ethyl adjacent to an activating group) is 1. The van der Waals surface area contributed by atoms with Gasteiger partial charge in [-0.3, -0.25) is 9.69 Å². The van der Waals surface area contributed by atoms with Crippen LogP contribution in [0.15, 0.2) is 0 Å². The van der Waals surface area contributed by atoms with E-state index < -0.39 is 0 Å². The van der Waals surface area contributed by atoms with Crippen molar-refractivity contribution in [3.63, 3.8) is 0 Å². The summed E-state index contributed by atoms with van der Waals surface area (Å²) in [4.78, 5) is 14.5. The van der Waals surface area contributed by atoms with Crippen molar-refractivity contribution >= 4 is 5.97 Å². The van der Waals surface area contributed by atoms with E-state index in [0.29, 0.717) is 18.7 Å². The van der Waals surface area contributed by atoms with Gasteiger partial charge in [0.15, 0.2) is 0 Å². The van der Waals surface area contributed by atoms with Crippen molar-refractivity contribution in [3.05, 3.63) is 0 Å². The number of hydrogen-bond donors (Lipinski definition) is 1. The van der Waals surface area contributed by atoms with Crippen molar-refractivity contribution in [2.45, 2.75) is 77.4 Å². The molecule has 0 amide bonds. The van der Waals surface area contributed by atoms with Gasteiger partial charge in [0.2, 0.25) is 0 Å². The van der Waals surface area contributed by atoms with E-state index in [2.05, 4.69) is 18.7 Å². The monoisotopic (exact) mass is 270 g/mol. The number of nitrogens with two attached hydrogens (primary N) is 1. The summed E-state index contributed by atoms with van der Waals surface area (Å²) >= 11 is 0. The molecule has 4 heteroatoms. The third-order valence-electron chi connectivity index (χ3n) is 4.10. The molecule has 0 saturated heterocycles. The van der Waals surface area contributed by atoms with Crippen molar-refractivity contribution < 1.29 is 9.53 Å². The average Bonchev–Trinajstić information content (AvgIpc) is 2.41. The predicted octanol–water partition coefficient (Wildman–Crippen LogP) is 2.31. The van der Waals surface area contributed by atoms with Crippen LogP contribution in [0.1, 0.15) is 59.3 Å². The number of carbonyl (C=O) groups excluding carboxylic acids is 1. The lowest BCUT2D eigenvalue weighted by Crippen LogP contribution is -2.50. The second-order valence-corrected chi connectivity index (χ2v) is 5.46. The van der Waals surface area contributed by atoms with E-state index in [-0.39, 0.29) is 12.0 Å². The van der Waals surface area contributed by atoms with Crippen LogP contribution in [0.2, 0.25) is 0 Å². The molecule has 1 atom stereocenters. The molecule has 1 saturated carbocycles. The van der Waals surface area contributed by atoms with Gasteiger partial charge in [-0.15, -0.1) is 0 Å². The van der Waals surface area contributed by atoms with Crippen molar-refractivity contribution in [2.75, 3.05) is 13.2 Å². The molecule has 19 heavy (non-hydrogen) atoms. The largest absolute Gasteiger partial charge is 0.465 e. The standard InChI is InChI=1S/C15H30N2O2/c1-4-7-14(15(18)19-6-3)17(5-2)13-10-8-12(16)9-11-13/h12-14H,4-11,16H2,1-3H3. The van der Waals surface area contributed by atoms with Crippen molar-refractivity contribution in [1.29, 1.82) is 0 Å². The Balaban J connectivity index is 2.69. The van der Waals surface area contributed by atoms with E-state index in [4.69, 9.17) is 10.5 Å². The Hall–Kier alpha value is -0.610. The summed E-state index contributed by atoms with van der Waals surface area (Å²) in [5, 5.41) is 0. The first-order valence-corrected chi connectivity index (χ1v) is 7.81. The second kappa shape index (κ2) is 8.54. The Labute approximate surface area is 117 Å². The van der Waals surface area contributed by atoms with E-state index in [1.807, 2.05) is 6.92 Å². The van der Waals surface area contributed by atoms with Crippen LogP contribution in [0.5, 0.6) is 0 Å². The molecule has 0 aromatic rings. The maximum Gasteiger partial charge on any atom is 0.323 e. The fraction of sp³-hybridized carbons (Fsp3) is 0.933. The highest BCUT2D eigenvalue weighted by atomic mass is 16.5. The molecule has 0 radical (unpaired) electrons. The molecule has 0 bridgehead atoms. The van der Waals surface area contributed by atoms with Crippen LogP contribution in [0, 0.1) is 0 Å². The Morgan fingerprint density at radius 3 is 2.37 bits per heavy atom. The molecule has 112 valence electrons. The Bertz CT molecular complexity index is 263. The van der Waals surface area contributed by atoms with Gasteiger partial charge in [0.05, 0.1) is 6.61 Å². The lowest BCUT2D eigenvalue weighted by Gasteiger charge is -2.39. The lowest BCUT2D eigenvalue weighted by molar-refractivity contribution is -0.151. The molecule has 0 aromatic carbocycles. The zero-order chi connectivity index (χ0) is 14.3. The van der Waals surface area contributed by atoms with Crippen LogP contribution < -0.4 is 5.73 Å². The molecule has 1 unspecified atom stereocenters. The third kappa shape index (κ3) is 4.77. The normalized spacial score (nSPS) is 25.3.